The number of nitrogen functional groups attached to an aromatic ring is 1. The van der Waals surface area contributed by atoms with Gasteiger partial charge in [0.2, 0.25) is 0 Å². The standard InChI is InChI=1S/C16H18ClN3O/c1-3-20(10-13-6-4-5-11(2)19-13)16(21)12-7-8-15(18)14(17)9-12/h4-9H,3,10,18H2,1-2H3. The molecular formula is C16H18ClN3O. The maximum absolute atomic E-state index is 12.5. The first-order chi connectivity index (χ1) is 10.0. The number of carbonyl (C=O) groups is 1. The lowest BCUT2D eigenvalue weighted by molar-refractivity contribution is 0.0750. The van der Waals surface area contributed by atoms with E-state index in [9.17, 15) is 4.79 Å². The number of nitrogens with zero attached hydrogens (tertiary/aromatic N) is 2. The Morgan fingerprint density at radius 3 is 2.71 bits per heavy atom. The van der Waals surface area contributed by atoms with E-state index in [0.717, 1.165) is 11.4 Å². The molecule has 4 nitrogen and oxygen atoms in total. The van der Waals surface area contributed by atoms with Crippen LogP contribution in [0.2, 0.25) is 5.02 Å². The highest BCUT2D eigenvalue weighted by atomic mass is 35.5. The number of aromatic nitrogens is 1. The number of amides is 1. The van der Waals surface area contributed by atoms with Crippen LogP contribution in [-0.2, 0) is 6.54 Å². The lowest BCUT2D eigenvalue weighted by atomic mass is 10.1. The predicted molar refractivity (Wildman–Crippen MR) is 85.3 cm³/mol. The van der Waals surface area contributed by atoms with Crippen LogP contribution >= 0.6 is 11.6 Å². The molecule has 0 saturated heterocycles. The van der Waals surface area contributed by atoms with Gasteiger partial charge >= 0.3 is 0 Å². The molecule has 0 atom stereocenters. The summed E-state index contributed by atoms with van der Waals surface area (Å²) >= 11 is 5.98. The predicted octanol–water partition coefficient (Wildman–Crippen LogP) is 3.29. The Hall–Kier alpha value is -2.07. The van der Waals surface area contributed by atoms with Crippen LogP contribution in [0, 0.1) is 6.92 Å². The van der Waals surface area contributed by atoms with Crippen LogP contribution in [0.3, 0.4) is 0 Å². The van der Waals surface area contributed by atoms with Gasteiger partial charge in [-0.1, -0.05) is 17.7 Å². The van der Waals surface area contributed by atoms with Gasteiger partial charge in [0, 0.05) is 17.8 Å². The van der Waals surface area contributed by atoms with Gasteiger partial charge in [-0.05, 0) is 44.2 Å². The third kappa shape index (κ3) is 3.73. The Bertz CT molecular complexity index is 658. The molecule has 2 N–H and O–H groups in total. The van der Waals surface area contributed by atoms with Crippen molar-refractivity contribution in [2.24, 2.45) is 0 Å². The van der Waals surface area contributed by atoms with Crippen LogP contribution in [-0.4, -0.2) is 22.3 Å². The van der Waals surface area contributed by atoms with E-state index in [2.05, 4.69) is 4.98 Å². The normalized spacial score (nSPS) is 10.4. The van der Waals surface area contributed by atoms with Crippen molar-refractivity contribution in [3.63, 3.8) is 0 Å². The summed E-state index contributed by atoms with van der Waals surface area (Å²) in [6.45, 7) is 4.93. The van der Waals surface area contributed by atoms with Crippen molar-refractivity contribution in [2.45, 2.75) is 20.4 Å². The molecule has 0 bridgehead atoms. The molecule has 5 heteroatoms. The summed E-state index contributed by atoms with van der Waals surface area (Å²) < 4.78 is 0. The van der Waals surface area contributed by atoms with Crippen molar-refractivity contribution in [1.29, 1.82) is 0 Å². The van der Waals surface area contributed by atoms with Crippen LogP contribution in [0.15, 0.2) is 36.4 Å². The van der Waals surface area contributed by atoms with E-state index in [-0.39, 0.29) is 5.91 Å². The molecule has 0 saturated carbocycles. The summed E-state index contributed by atoms with van der Waals surface area (Å²) in [7, 11) is 0. The molecule has 2 aromatic rings. The molecule has 0 aliphatic heterocycles. The summed E-state index contributed by atoms with van der Waals surface area (Å²) in [5, 5.41) is 0.394. The second-order valence-electron chi connectivity index (χ2n) is 4.83. The smallest absolute Gasteiger partial charge is 0.254 e. The van der Waals surface area contributed by atoms with E-state index in [0.29, 0.717) is 29.4 Å². The summed E-state index contributed by atoms with van der Waals surface area (Å²) in [6, 6.07) is 10.7. The fraction of sp³-hybridized carbons (Fsp3) is 0.250. The summed E-state index contributed by atoms with van der Waals surface area (Å²) in [4.78, 5) is 18.7. The molecule has 0 aliphatic carbocycles. The highest BCUT2D eigenvalue weighted by Crippen LogP contribution is 2.21. The Balaban J connectivity index is 2.20. The van der Waals surface area contributed by atoms with Gasteiger partial charge in [-0.2, -0.15) is 0 Å². The van der Waals surface area contributed by atoms with Gasteiger partial charge < -0.3 is 10.6 Å². The monoisotopic (exact) mass is 303 g/mol. The number of halogens is 1. The highest BCUT2D eigenvalue weighted by molar-refractivity contribution is 6.33. The molecule has 0 aliphatic rings. The minimum atomic E-state index is -0.0808. The van der Waals surface area contributed by atoms with Gasteiger partial charge in [-0.25, -0.2) is 0 Å². The summed E-state index contributed by atoms with van der Waals surface area (Å²) in [5.74, 6) is -0.0808. The number of anilines is 1. The number of hydrogen-bond acceptors (Lipinski definition) is 3. The summed E-state index contributed by atoms with van der Waals surface area (Å²) in [6.07, 6.45) is 0. The Kier molecular flexibility index (Phi) is 4.81. The Morgan fingerprint density at radius 1 is 1.33 bits per heavy atom. The van der Waals surface area contributed by atoms with Crippen molar-refractivity contribution in [3.05, 3.63) is 58.4 Å². The topological polar surface area (TPSA) is 59.2 Å². The fourth-order valence-corrected chi connectivity index (χ4v) is 2.23. The number of benzene rings is 1. The van der Waals surface area contributed by atoms with E-state index in [4.69, 9.17) is 17.3 Å². The maximum Gasteiger partial charge on any atom is 0.254 e. The van der Waals surface area contributed by atoms with Crippen molar-refractivity contribution in [3.8, 4) is 0 Å². The highest BCUT2D eigenvalue weighted by Gasteiger charge is 2.16. The minimum absolute atomic E-state index is 0.0808. The van der Waals surface area contributed by atoms with Crippen LogP contribution in [0.25, 0.3) is 0 Å². The number of hydrogen-bond donors (Lipinski definition) is 1. The fourth-order valence-electron chi connectivity index (χ4n) is 2.05. The molecule has 0 spiro atoms. The molecular weight excluding hydrogens is 286 g/mol. The van der Waals surface area contributed by atoms with Gasteiger partial charge in [0.15, 0.2) is 0 Å². The van der Waals surface area contributed by atoms with Gasteiger partial charge in [-0.15, -0.1) is 0 Å². The van der Waals surface area contributed by atoms with E-state index < -0.39 is 0 Å². The van der Waals surface area contributed by atoms with E-state index in [1.807, 2.05) is 32.0 Å². The van der Waals surface area contributed by atoms with Crippen molar-refractivity contribution in [1.82, 2.24) is 9.88 Å². The average Bonchev–Trinajstić information content (AvgIpc) is 2.47. The quantitative estimate of drug-likeness (QED) is 0.882. The first kappa shape index (κ1) is 15.3. The van der Waals surface area contributed by atoms with Crippen LogP contribution in [0.4, 0.5) is 5.69 Å². The van der Waals surface area contributed by atoms with Gasteiger partial charge in [0.1, 0.15) is 0 Å². The molecule has 1 aromatic heterocycles. The van der Waals surface area contributed by atoms with Crippen LogP contribution in [0.1, 0.15) is 28.7 Å². The minimum Gasteiger partial charge on any atom is -0.398 e. The zero-order valence-electron chi connectivity index (χ0n) is 12.1. The number of rotatable bonds is 4. The first-order valence-corrected chi connectivity index (χ1v) is 7.16. The molecule has 110 valence electrons. The lowest BCUT2D eigenvalue weighted by Crippen LogP contribution is -2.30. The third-order valence-electron chi connectivity index (χ3n) is 3.22. The van der Waals surface area contributed by atoms with Crippen LogP contribution < -0.4 is 5.73 Å². The third-order valence-corrected chi connectivity index (χ3v) is 3.54. The molecule has 1 aromatic carbocycles. The van der Waals surface area contributed by atoms with E-state index >= 15 is 0 Å². The Morgan fingerprint density at radius 2 is 2.10 bits per heavy atom. The summed E-state index contributed by atoms with van der Waals surface area (Å²) in [5.41, 5.74) is 8.48. The molecule has 2 rings (SSSR count). The van der Waals surface area contributed by atoms with Gasteiger partial charge in [-0.3, -0.25) is 9.78 Å². The van der Waals surface area contributed by atoms with Crippen LogP contribution in [0.5, 0.6) is 0 Å². The first-order valence-electron chi connectivity index (χ1n) is 6.78. The number of aryl methyl sites for hydroxylation is 1. The molecule has 0 unspecified atom stereocenters. The second kappa shape index (κ2) is 6.59. The number of pyridine rings is 1. The average molecular weight is 304 g/mol. The van der Waals surface area contributed by atoms with E-state index in [1.54, 1.807) is 23.1 Å². The molecule has 21 heavy (non-hydrogen) atoms. The molecule has 1 heterocycles. The lowest BCUT2D eigenvalue weighted by Gasteiger charge is -2.21. The zero-order valence-corrected chi connectivity index (χ0v) is 12.9. The zero-order chi connectivity index (χ0) is 15.4. The SMILES string of the molecule is CCN(Cc1cccc(C)n1)C(=O)c1ccc(N)c(Cl)c1. The Labute approximate surface area is 129 Å². The van der Waals surface area contributed by atoms with Crippen molar-refractivity contribution in [2.75, 3.05) is 12.3 Å². The second-order valence-corrected chi connectivity index (χ2v) is 5.23. The number of nitrogens with two attached hydrogens (primary N) is 1. The van der Waals surface area contributed by atoms with Gasteiger partial charge in [0.25, 0.3) is 5.91 Å². The molecule has 1 amide bonds. The van der Waals surface area contributed by atoms with E-state index in [1.165, 1.54) is 0 Å². The number of carbonyl (C=O) groups excluding carboxylic acids is 1. The van der Waals surface area contributed by atoms with Gasteiger partial charge in [0.05, 0.1) is 22.9 Å². The maximum atomic E-state index is 12.5. The molecule has 0 fully saturated rings. The molecule has 0 radical (unpaired) electrons. The van der Waals surface area contributed by atoms with Crippen molar-refractivity contribution < 1.29 is 4.79 Å². The van der Waals surface area contributed by atoms with Crippen molar-refractivity contribution >= 4 is 23.2 Å². The largest absolute Gasteiger partial charge is 0.398 e.